The largest absolute Gasteiger partial charge is 0.383 e. The number of rotatable bonds is 7. The average molecular weight is 341 g/mol. The molecular weight excluding hydrogens is 318 g/mol. The van der Waals surface area contributed by atoms with Crippen molar-refractivity contribution in [2.75, 3.05) is 19.4 Å². The molecule has 0 radical (unpaired) electrons. The molecule has 1 heterocycles. The molecular formula is C16H23NO5S. The number of carbonyl (C=O) groups is 1. The molecule has 0 unspecified atom stereocenters. The van der Waals surface area contributed by atoms with E-state index in [2.05, 4.69) is 0 Å². The molecule has 1 aliphatic rings. The summed E-state index contributed by atoms with van der Waals surface area (Å²) in [6, 6.07) is 6.73. The van der Waals surface area contributed by atoms with Gasteiger partial charge in [0.15, 0.2) is 0 Å². The van der Waals surface area contributed by atoms with Crippen molar-refractivity contribution in [3.05, 3.63) is 29.8 Å². The highest BCUT2D eigenvalue weighted by Gasteiger charge is 2.22. The fraction of sp³-hybridized carbons (Fsp3) is 0.562. The lowest BCUT2D eigenvalue weighted by molar-refractivity contribution is -0.133. The van der Waals surface area contributed by atoms with E-state index >= 15 is 0 Å². The van der Waals surface area contributed by atoms with Gasteiger partial charge in [0, 0.05) is 26.1 Å². The molecule has 128 valence electrons. The van der Waals surface area contributed by atoms with Gasteiger partial charge in [-0.3, -0.25) is 4.79 Å². The van der Waals surface area contributed by atoms with Crippen LogP contribution in [0.5, 0.6) is 5.75 Å². The summed E-state index contributed by atoms with van der Waals surface area (Å²) in [6.45, 7) is 3.67. The molecule has 2 rings (SSSR count). The van der Waals surface area contributed by atoms with Gasteiger partial charge in [-0.05, 0) is 30.5 Å². The number of nitrogens with zero attached hydrogens (tertiary/aromatic N) is 1. The summed E-state index contributed by atoms with van der Waals surface area (Å²) in [5.74, 6) is 0.348. The van der Waals surface area contributed by atoms with Crippen LogP contribution in [0, 0.1) is 0 Å². The highest BCUT2D eigenvalue weighted by atomic mass is 32.2. The molecule has 0 aliphatic carbocycles. The molecule has 1 saturated heterocycles. The van der Waals surface area contributed by atoms with Gasteiger partial charge in [-0.15, -0.1) is 0 Å². The molecule has 0 N–H and O–H groups in total. The lowest BCUT2D eigenvalue weighted by atomic mass is 10.1. The van der Waals surface area contributed by atoms with Gasteiger partial charge in [-0.2, -0.15) is 8.42 Å². The SMILES string of the molecule is CCC(=O)N(Cc1ccc(OS(C)(=O)=O)cc1)C[C@H]1CCCO1. The summed E-state index contributed by atoms with van der Waals surface area (Å²) < 4.78 is 32.6. The topological polar surface area (TPSA) is 72.9 Å². The molecule has 1 fully saturated rings. The van der Waals surface area contributed by atoms with Crippen LogP contribution >= 0.6 is 0 Å². The van der Waals surface area contributed by atoms with Crippen LogP contribution in [0.15, 0.2) is 24.3 Å². The number of hydrogen-bond acceptors (Lipinski definition) is 5. The number of hydrogen-bond donors (Lipinski definition) is 0. The van der Waals surface area contributed by atoms with Crippen LogP contribution in [0.1, 0.15) is 31.7 Å². The van der Waals surface area contributed by atoms with Crippen LogP contribution in [-0.2, 0) is 26.2 Å². The summed E-state index contributed by atoms with van der Waals surface area (Å²) in [5, 5.41) is 0. The van der Waals surface area contributed by atoms with Crippen molar-refractivity contribution in [2.24, 2.45) is 0 Å². The first-order valence-electron chi connectivity index (χ1n) is 7.75. The summed E-state index contributed by atoms with van der Waals surface area (Å²) in [6.07, 6.45) is 3.58. The highest BCUT2D eigenvalue weighted by molar-refractivity contribution is 7.86. The van der Waals surface area contributed by atoms with E-state index in [9.17, 15) is 13.2 Å². The Labute approximate surface area is 137 Å². The minimum Gasteiger partial charge on any atom is -0.383 e. The zero-order chi connectivity index (χ0) is 16.9. The Balaban J connectivity index is 2.01. The van der Waals surface area contributed by atoms with Crippen molar-refractivity contribution in [1.82, 2.24) is 4.90 Å². The standard InChI is InChI=1S/C16H23NO5S/c1-3-16(18)17(12-15-5-4-10-21-15)11-13-6-8-14(9-7-13)22-23(2,19)20/h6-9,15H,3-5,10-12H2,1-2H3/t15-/m1/s1. The second-order valence-corrected chi connectivity index (χ2v) is 7.27. The summed E-state index contributed by atoms with van der Waals surface area (Å²) in [7, 11) is -3.53. The number of amides is 1. The van der Waals surface area contributed by atoms with Crippen LogP contribution in [0.2, 0.25) is 0 Å². The molecule has 1 aromatic carbocycles. The number of ether oxygens (including phenoxy) is 1. The number of carbonyl (C=O) groups excluding carboxylic acids is 1. The van der Waals surface area contributed by atoms with Crippen LogP contribution in [0.3, 0.4) is 0 Å². The van der Waals surface area contributed by atoms with Crippen LogP contribution in [0.25, 0.3) is 0 Å². The third-order valence-corrected chi connectivity index (χ3v) is 4.14. The Hall–Kier alpha value is -1.60. The molecule has 0 bridgehead atoms. The van der Waals surface area contributed by atoms with Gasteiger partial charge >= 0.3 is 10.1 Å². The molecule has 0 aromatic heterocycles. The van der Waals surface area contributed by atoms with Crippen molar-refractivity contribution < 1.29 is 22.1 Å². The summed E-state index contributed by atoms with van der Waals surface area (Å²) >= 11 is 0. The molecule has 1 atom stereocenters. The van der Waals surface area contributed by atoms with Crippen molar-refractivity contribution in [2.45, 2.75) is 38.8 Å². The van der Waals surface area contributed by atoms with E-state index in [0.717, 1.165) is 31.3 Å². The molecule has 0 spiro atoms. The highest BCUT2D eigenvalue weighted by Crippen LogP contribution is 2.18. The van der Waals surface area contributed by atoms with Crippen molar-refractivity contribution in [1.29, 1.82) is 0 Å². The van der Waals surface area contributed by atoms with Gasteiger partial charge in [0.05, 0.1) is 12.4 Å². The Morgan fingerprint density at radius 2 is 2.04 bits per heavy atom. The zero-order valence-corrected chi connectivity index (χ0v) is 14.3. The van der Waals surface area contributed by atoms with E-state index in [0.29, 0.717) is 19.5 Å². The normalized spacial score (nSPS) is 17.9. The van der Waals surface area contributed by atoms with E-state index < -0.39 is 10.1 Å². The van der Waals surface area contributed by atoms with Gasteiger partial charge in [-0.25, -0.2) is 0 Å². The molecule has 1 amide bonds. The van der Waals surface area contributed by atoms with Gasteiger partial charge in [0.1, 0.15) is 5.75 Å². The van der Waals surface area contributed by atoms with E-state index in [4.69, 9.17) is 8.92 Å². The molecule has 6 nitrogen and oxygen atoms in total. The monoisotopic (exact) mass is 341 g/mol. The van der Waals surface area contributed by atoms with Crippen molar-refractivity contribution >= 4 is 16.0 Å². The maximum absolute atomic E-state index is 12.1. The van der Waals surface area contributed by atoms with Crippen LogP contribution in [0.4, 0.5) is 0 Å². The Kier molecular flexibility index (Phi) is 6.01. The maximum Gasteiger partial charge on any atom is 0.306 e. The van der Waals surface area contributed by atoms with E-state index in [-0.39, 0.29) is 17.8 Å². The second-order valence-electron chi connectivity index (χ2n) is 5.69. The molecule has 7 heteroatoms. The average Bonchev–Trinajstić information content (AvgIpc) is 2.99. The third-order valence-electron chi connectivity index (χ3n) is 3.65. The lowest BCUT2D eigenvalue weighted by Crippen LogP contribution is -2.36. The fourth-order valence-electron chi connectivity index (χ4n) is 2.56. The van der Waals surface area contributed by atoms with Crippen LogP contribution in [-0.4, -0.2) is 44.7 Å². The Morgan fingerprint density at radius 3 is 2.57 bits per heavy atom. The van der Waals surface area contributed by atoms with Gasteiger partial charge in [-0.1, -0.05) is 19.1 Å². The Morgan fingerprint density at radius 1 is 1.35 bits per heavy atom. The quantitative estimate of drug-likeness (QED) is 0.709. The van der Waals surface area contributed by atoms with E-state index in [1.807, 2.05) is 6.92 Å². The van der Waals surface area contributed by atoms with Crippen molar-refractivity contribution in [3.63, 3.8) is 0 Å². The predicted molar refractivity (Wildman–Crippen MR) is 86.6 cm³/mol. The zero-order valence-electron chi connectivity index (χ0n) is 13.5. The minimum absolute atomic E-state index is 0.0805. The molecule has 1 aromatic rings. The fourth-order valence-corrected chi connectivity index (χ4v) is 3.02. The van der Waals surface area contributed by atoms with Crippen LogP contribution < -0.4 is 4.18 Å². The molecule has 23 heavy (non-hydrogen) atoms. The smallest absolute Gasteiger partial charge is 0.306 e. The van der Waals surface area contributed by atoms with E-state index in [1.165, 1.54) is 0 Å². The van der Waals surface area contributed by atoms with Gasteiger partial charge in [0.25, 0.3) is 0 Å². The molecule has 1 aliphatic heterocycles. The third kappa shape index (κ3) is 5.84. The predicted octanol–water partition coefficient (Wildman–Crippen LogP) is 1.94. The first-order chi connectivity index (χ1) is 10.9. The second kappa shape index (κ2) is 7.79. The van der Waals surface area contributed by atoms with Gasteiger partial charge in [0.2, 0.25) is 5.91 Å². The van der Waals surface area contributed by atoms with E-state index in [1.54, 1.807) is 29.2 Å². The summed E-state index contributed by atoms with van der Waals surface area (Å²) in [5.41, 5.74) is 0.922. The molecule has 0 saturated carbocycles. The first kappa shape index (κ1) is 17.7. The maximum atomic E-state index is 12.1. The summed E-state index contributed by atoms with van der Waals surface area (Å²) in [4.78, 5) is 13.9. The number of benzene rings is 1. The first-order valence-corrected chi connectivity index (χ1v) is 9.57. The lowest BCUT2D eigenvalue weighted by Gasteiger charge is -2.25. The minimum atomic E-state index is -3.53. The Bertz CT molecular complexity index is 620. The van der Waals surface area contributed by atoms with Crippen molar-refractivity contribution in [3.8, 4) is 5.75 Å². The van der Waals surface area contributed by atoms with Gasteiger partial charge < -0.3 is 13.8 Å².